The van der Waals surface area contributed by atoms with Crippen LogP contribution >= 0.6 is 35.7 Å². The van der Waals surface area contributed by atoms with Gasteiger partial charge in [0.25, 0.3) is 0 Å². The number of halogens is 1. The first kappa shape index (κ1) is 22.6. The topological polar surface area (TPSA) is 48.9 Å². The molecule has 0 aromatic carbocycles. The third-order valence-electron chi connectivity index (χ3n) is 5.83. The zero-order chi connectivity index (χ0) is 17.4. The van der Waals surface area contributed by atoms with Crippen molar-refractivity contribution in [2.24, 2.45) is 10.9 Å². The van der Waals surface area contributed by atoms with Crippen molar-refractivity contribution in [3.63, 3.8) is 0 Å². The lowest BCUT2D eigenvalue weighted by Crippen LogP contribution is -2.57. The molecule has 0 spiro atoms. The molecule has 5 nitrogen and oxygen atoms in total. The Morgan fingerprint density at radius 1 is 1.19 bits per heavy atom. The summed E-state index contributed by atoms with van der Waals surface area (Å²) in [7, 11) is 1.87. The lowest BCUT2D eigenvalue weighted by Gasteiger charge is -2.43. The number of rotatable bonds is 9. The van der Waals surface area contributed by atoms with Crippen molar-refractivity contribution in [1.82, 2.24) is 15.5 Å². The summed E-state index contributed by atoms with van der Waals surface area (Å²) in [6.45, 7) is 6.26. The van der Waals surface area contributed by atoms with Crippen molar-refractivity contribution >= 4 is 41.7 Å². The van der Waals surface area contributed by atoms with Crippen LogP contribution in [0.2, 0.25) is 0 Å². The van der Waals surface area contributed by atoms with Crippen molar-refractivity contribution in [3.8, 4) is 0 Å². The number of nitrogens with zero attached hydrogens (tertiary/aromatic N) is 2. The van der Waals surface area contributed by atoms with Crippen molar-refractivity contribution < 1.29 is 4.74 Å². The van der Waals surface area contributed by atoms with Gasteiger partial charge in [-0.25, -0.2) is 0 Å². The Morgan fingerprint density at radius 3 is 2.58 bits per heavy atom. The van der Waals surface area contributed by atoms with Crippen LogP contribution < -0.4 is 10.6 Å². The van der Waals surface area contributed by atoms with E-state index in [2.05, 4.69) is 32.3 Å². The van der Waals surface area contributed by atoms with E-state index in [0.717, 1.165) is 44.6 Å². The molecule has 26 heavy (non-hydrogen) atoms. The molecule has 2 aliphatic carbocycles. The van der Waals surface area contributed by atoms with Crippen LogP contribution in [0.25, 0.3) is 0 Å². The van der Waals surface area contributed by atoms with E-state index in [4.69, 9.17) is 4.74 Å². The van der Waals surface area contributed by atoms with Gasteiger partial charge in [0.15, 0.2) is 5.96 Å². The molecule has 1 aliphatic heterocycles. The first-order chi connectivity index (χ1) is 12.3. The van der Waals surface area contributed by atoms with Gasteiger partial charge in [-0.2, -0.15) is 11.8 Å². The molecule has 2 N–H and O–H groups in total. The predicted octanol–water partition coefficient (Wildman–Crippen LogP) is 2.95. The highest BCUT2D eigenvalue weighted by atomic mass is 127. The minimum Gasteiger partial charge on any atom is -0.381 e. The maximum Gasteiger partial charge on any atom is 0.191 e. The molecule has 0 amide bonds. The van der Waals surface area contributed by atoms with Crippen LogP contribution in [0.4, 0.5) is 0 Å². The molecule has 152 valence electrons. The summed E-state index contributed by atoms with van der Waals surface area (Å²) in [4.78, 5) is 7.16. The number of aliphatic imine (C=N–C) groups is 1. The largest absolute Gasteiger partial charge is 0.381 e. The van der Waals surface area contributed by atoms with E-state index >= 15 is 0 Å². The summed E-state index contributed by atoms with van der Waals surface area (Å²) in [5.74, 6) is 4.38. The molecule has 0 bridgehead atoms. The van der Waals surface area contributed by atoms with Gasteiger partial charge in [-0.05, 0) is 38.0 Å². The van der Waals surface area contributed by atoms with Gasteiger partial charge in [0.2, 0.25) is 0 Å². The molecule has 1 heterocycles. The number of guanidine groups is 1. The van der Waals surface area contributed by atoms with Gasteiger partial charge in [-0.1, -0.05) is 12.8 Å². The fourth-order valence-electron chi connectivity index (χ4n) is 4.06. The summed E-state index contributed by atoms with van der Waals surface area (Å²) in [5.41, 5.74) is 0.353. The van der Waals surface area contributed by atoms with Crippen molar-refractivity contribution in [2.45, 2.75) is 50.5 Å². The normalized spacial score (nSPS) is 23.5. The van der Waals surface area contributed by atoms with Gasteiger partial charge >= 0.3 is 0 Å². The smallest absolute Gasteiger partial charge is 0.191 e. The molecular formula is C19H37IN4OS. The zero-order valence-electron chi connectivity index (χ0n) is 16.3. The number of nitrogens with one attached hydrogen (secondary N) is 2. The summed E-state index contributed by atoms with van der Waals surface area (Å²) in [5, 5.41) is 7.07. The Kier molecular flexibility index (Phi) is 10.4. The molecule has 2 saturated carbocycles. The van der Waals surface area contributed by atoms with E-state index in [-0.39, 0.29) is 24.0 Å². The molecule has 3 aliphatic rings. The van der Waals surface area contributed by atoms with Crippen LogP contribution in [0.1, 0.15) is 44.9 Å². The van der Waals surface area contributed by atoms with Gasteiger partial charge in [-0.15, -0.1) is 24.0 Å². The first-order valence-corrected chi connectivity index (χ1v) is 11.3. The van der Waals surface area contributed by atoms with Crippen molar-refractivity contribution in [3.05, 3.63) is 0 Å². The highest BCUT2D eigenvalue weighted by molar-refractivity contribution is 14.0. The average Bonchev–Trinajstić information content (AvgIpc) is 3.36. The number of ether oxygens (including phenoxy) is 1. The molecule has 0 aromatic rings. The van der Waals surface area contributed by atoms with E-state index in [0.29, 0.717) is 5.54 Å². The van der Waals surface area contributed by atoms with Crippen LogP contribution in [-0.4, -0.2) is 74.3 Å². The van der Waals surface area contributed by atoms with E-state index < -0.39 is 0 Å². The molecular weight excluding hydrogens is 459 g/mol. The van der Waals surface area contributed by atoms with Crippen LogP contribution in [0.15, 0.2) is 4.99 Å². The average molecular weight is 497 g/mol. The Labute approximate surface area is 180 Å². The second-order valence-corrected chi connectivity index (χ2v) is 8.98. The fourth-order valence-corrected chi connectivity index (χ4v) is 4.96. The minimum absolute atomic E-state index is 0. The lowest BCUT2D eigenvalue weighted by atomic mass is 9.94. The number of hydrogen-bond acceptors (Lipinski definition) is 4. The highest BCUT2D eigenvalue weighted by Gasteiger charge is 2.39. The van der Waals surface area contributed by atoms with Gasteiger partial charge < -0.3 is 15.4 Å². The molecule has 0 aromatic heterocycles. The van der Waals surface area contributed by atoms with Crippen LogP contribution in [0.5, 0.6) is 0 Å². The monoisotopic (exact) mass is 496 g/mol. The standard InChI is InChI=1S/C19H36N4OS.HI/c1-20-18(21-9-4-12-24-15-17-5-6-17)22-16-19(7-2-3-8-19)23-10-13-25-14-11-23;/h17H,2-16H2,1H3,(H2,20,21,22);1H. The third-order valence-corrected chi connectivity index (χ3v) is 6.78. The van der Waals surface area contributed by atoms with Crippen LogP contribution in [0, 0.1) is 5.92 Å². The molecule has 0 atom stereocenters. The molecule has 7 heteroatoms. The number of hydrogen-bond donors (Lipinski definition) is 2. The summed E-state index contributed by atoms with van der Waals surface area (Å²) >= 11 is 2.10. The molecule has 0 unspecified atom stereocenters. The minimum atomic E-state index is 0. The summed E-state index contributed by atoms with van der Waals surface area (Å²) in [6.07, 6.45) is 9.18. The SMILES string of the molecule is CN=C(NCCCOCC1CC1)NCC1(N2CCSCC2)CCCC1.I. The molecule has 3 rings (SSSR count). The van der Waals surface area contributed by atoms with Crippen LogP contribution in [0.3, 0.4) is 0 Å². The lowest BCUT2D eigenvalue weighted by molar-refractivity contribution is 0.107. The Bertz CT molecular complexity index is 422. The summed E-state index contributed by atoms with van der Waals surface area (Å²) < 4.78 is 5.70. The van der Waals surface area contributed by atoms with Crippen molar-refractivity contribution in [2.75, 3.05) is 57.9 Å². The van der Waals surface area contributed by atoms with Gasteiger partial charge in [-0.3, -0.25) is 9.89 Å². The highest BCUT2D eigenvalue weighted by Crippen LogP contribution is 2.36. The molecule has 1 saturated heterocycles. The van der Waals surface area contributed by atoms with E-state index in [1.165, 1.54) is 63.1 Å². The van der Waals surface area contributed by atoms with E-state index in [1.54, 1.807) is 0 Å². The first-order valence-electron chi connectivity index (χ1n) is 10.2. The second-order valence-electron chi connectivity index (χ2n) is 7.76. The quantitative estimate of drug-likeness (QED) is 0.223. The maximum atomic E-state index is 5.70. The van der Waals surface area contributed by atoms with E-state index in [9.17, 15) is 0 Å². The summed E-state index contributed by atoms with van der Waals surface area (Å²) in [6, 6.07) is 0. The Morgan fingerprint density at radius 2 is 1.92 bits per heavy atom. The molecule has 3 fully saturated rings. The Hall–Kier alpha value is 0.270. The molecule has 0 radical (unpaired) electrons. The van der Waals surface area contributed by atoms with Crippen LogP contribution in [-0.2, 0) is 4.74 Å². The number of thioether (sulfide) groups is 1. The Balaban J connectivity index is 0.00000243. The maximum absolute atomic E-state index is 5.70. The zero-order valence-corrected chi connectivity index (χ0v) is 19.4. The van der Waals surface area contributed by atoms with E-state index in [1.807, 2.05) is 7.05 Å². The predicted molar refractivity (Wildman–Crippen MR) is 123 cm³/mol. The second kappa shape index (κ2) is 12.0. The van der Waals surface area contributed by atoms with Gasteiger partial charge in [0.1, 0.15) is 0 Å². The van der Waals surface area contributed by atoms with Gasteiger partial charge in [0.05, 0.1) is 0 Å². The van der Waals surface area contributed by atoms with Gasteiger partial charge in [0, 0.05) is 63.5 Å². The van der Waals surface area contributed by atoms with Crippen molar-refractivity contribution in [1.29, 1.82) is 0 Å². The third kappa shape index (κ3) is 7.02. The fraction of sp³-hybridized carbons (Fsp3) is 0.947.